The lowest BCUT2D eigenvalue weighted by atomic mass is 9.97. The van der Waals surface area contributed by atoms with E-state index in [-0.39, 0.29) is 36.6 Å². The van der Waals surface area contributed by atoms with Crippen molar-refractivity contribution in [3.8, 4) is 5.75 Å². The average molecular weight is 339 g/mol. The van der Waals surface area contributed by atoms with Crippen LogP contribution >= 0.6 is 24.8 Å². The SMILES string of the molecule is CCC[C@@H](c1ccc(C)c(F)c1O)N1CCNCC1.Cl.Cl. The van der Waals surface area contributed by atoms with Crippen LogP contribution < -0.4 is 5.32 Å². The van der Waals surface area contributed by atoms with Crippen LogP contribution in [0.25, 0.3) is 0 Å². The van der Waals surface area contributed by atoms with Gasteiger partial charge in [-0.25, -0.2) is 4.39 Å². The molecule has 1 saturated heterocycles. The van der Waals surface area contributed by atoms with Crippen LogP contribution in [0.1, 0.15) is 36.9 Å². The van der Waals surface area contributed by atoms with Gasteiger partial charge in [0, 0.05) is 37.8 Å². The van der Waals surface area contributed by atoms with Gasteiger partial charge in [-0.3, -0.25) is 4.90 Å². The highest BCUT2D eigenvalue weighted by Gasteiger charge is 2.25. The Balaban J connectivity index is 0.00000200. The molecule has 0 bridgehead atoms. The molecule has 1 aliphatic rings. The Bertz CT molecular complexity index is 440. The topological polar surface area (TPSA) is 35.5 Å². The van der Waals surface area contributed by atoms with E-state index in [0.29, 0.717) is 5.56 Å². The molecule has 1 heterocycles. The second-order valence-electron chi connectivity index (χ2n) is 5.22. The van der Waals surface area contributed by atoms with Crippen molar-refractivity contribution in [1.29, 1.82) is 0 Å². The number of piperazine rings is 1. The second-order valence-corrected chi connectivity index (χ2v) is 5.22. The minimum absolute atomic E-state index is 0. The highest BCUT2D eigenvalue weighted by Crippen LogP contribution is 2.35. The van der Waals surface area contributed by atoms with Gasteiger partial charge in [-0.15, -0.1) is 24.8 Å². The van der Waals surface area contributed by atoms with Crippen molar-refractivity contribution in [3.63, 3.8) is 0 Å². The van der Waals surface area contributed by atoms with Gasteiger partial charge in [-0.05, 0) is 18.9 Å². The van der Waals surface area contributed by atoms with Gasteiger partial charge in [0.2, 0.25) is 0 Å². The molecule has 3 nitrogen and oxygen atoms in total. The van der Waals surface area contributed by atoms with E-state index >= 15 is 0 Å². The van der Waals surface area contributed by atoms with Gasteiger partial charge in [0.15, 0.2) is 11.6 Å². The van der Waals surface area contributed by atoms with E-state index in [2.05, 4.69) is 17.1 Å². The molecule has 0 aromatic heterocycles. The van der Waals surface area contributed by atoms with Crippen LogP contribution in [0.2, 0.25) is 0 Å². The van der Waals surface area contributed by atoms with E-state index < -0.39 is 5.82 Å². The molecule has 122 valence electrons. The first-order valence-electron chi connectivity index (χ1n) is 7.08. The zero-order valence-electron chi connectivity index (χ0n) is 12.6. The maximum atomic E-state index is 13.9. The highest BCUT2D eigenvalue weighted by molar-refractivity contribution is 5.85. The molecule has 0 aliphatic carbocycles. The lowest BCUT2D eigenvalue weighted by Crippen LogP contribution is -2.45. The zero-order chi connectivity index (χ0) is 13.8. The van der Waals surface area contributed by atoms with Gasteiger partial charge in [0.05, 0.1) is 0 Å². The largest absolute Gasteiger partial charge is 0.505 e. The summed E-state index contributed by atoms with van der Waals surface area (Å²) in [6, 6.07) is 3.74. The summed E-state index contributed by atoms with van der Waals surface area (Å²) < 4.78 is 13.9. The molecular weight excluding hydrogens is 314 g/mol. The molecule has 2 N–H and O–H groups in total. The lowest BCUT2D eigenvalue weighted by molar-refractivity contribution is 0.161. The molecule has 1 atom stereocenters. The molecule has 2 rings (SSSR count). The van der Waals surface area contributed by atoms with Crippen molar-refractivity contribution in [1.82, 2.24) is 10.2 Å². The molecule has 0 spiro atoms. The molecule has 6 heteroatoms. The summed E-state index contributed by atoms with van der Waals surface area (Å²) >= 11 is 0. The molecule has 0 radical (unpaired) electrons. The standard InChI is InChI=1S/C15H23FN2O.2ClH/c1-3-4-13(18-9-7-17-8-10-18)12-6-5-11(2)14(16)15(12)19;;/h5-6,13,17,19H,3-4,7-10H2,1-2H3;2*1H/t13-;;/m0../s1. The monoisotopic (exact) mass is 338 g/mol. The quantitative estimate of drug-likeness (QED) is 0.882. The number of halogens is 3. The van der Waals surface area contributed by atoms with Crippen molar-refractivity contribution < 1.29 is 9.50 Å². The van der Waals surface area contributed by atoms with Crippen LogP contribution in [0.5, 0.6) is 5.75 Å². The first-order valence-corrected chi connectivity index (χ1v) is 7.08. The number of aromatic hydroxyl groups is 1. The predicted octanol–water partition coefficient (Wildman–Crippen LogP) is 3.43. The Labute approximate surface area is 138 Å². The number of aryl methyl sites for hydroxylation is 1. The van der Waals surface area contributed by atoms with E-state index in [1.165, 1.54) is 0 Å². The zero-order valence-corrected chi connectivity index (χ0v) is 14.2. The average Bonchev–Trinajstić information content (AvgIpc) is 2.44. The van der Waals surface area contributed by atoms with Crippen molar-refractivity contribution in [2.75, 3.05) is 26.2 Å². The maximum absolute atomic E-state index is 13.9. The fraction of sp³-hybridized carbons (Fsp3) is 0.600. The van der Waals surface area contributed by atoms with Crippen LogP contribution in [0.3, 0.4) is 0 Å². The van der Waals surface area contributed by atoms with Gasteiger partial charge in [-0.2, -0.15) is 0 Å². The summed E-state index contributed by atoms with van der Waals surface area (Å²) in [5, 5.41) is 13.4. The van der Waals surface area contributed by atoms with E-state index in [4.69, 9.17) is 0 Å². The van der Waals surface area contributed by atoms with Crippen LogP contribution in [-0.2, 0) is 0 Å². The summed E-state index contributed by atoms with van der Waals surface area (Å²) in [7, 11) is 0. The Morgan fingerprint density at radius 3 is 2.48 bits per heavy atom. The Morgan fingerprint density at radius 2 is 1.90 bits per heavy atom. The molecular formula is C15H25Cl2FN2O. The van der Waals surface area contributed by atoms with Crippen molar-refractivity contribution in [3.05, 3.63) is 29.1 Å². The Kier molecular flexibility index (Phi) is 9.22. The molecule has 0 saturated carbocycles. The smallest absolute Gasteiger partial charge is 0.168 e. The predicted molar refractivity (Wildman–Crippen MR) is 89.4 cm³/mol. The summed E-state index contributed by atoms with van der Waals surface area (Å²) in [4.78, 5) is 2.34. The normalized spacial score (nSPS) is 16.7. The van der Waals surface area contributed by atoms with Gasteiger partial charge in [0.1, 0.15) is 0 Å². The molecule has 0 unspecified atom stereocenters. The summed E-state index contributed by atoms with van der Waals surface area (Å²) in [5.74, 6) is -0.647. The summed E-state index contributed by atoms with van der Waals surface area (Å²) in [6.45, 7) is 7.60. The number of nitrogens with zero attached hydrogens (tertiary/aromatic N) is 1. The van der Waals surface area contributed by atoms with Gasteiger partial charge in [-0.1, -0.05) is 25.5 Å². The van der Waals surface area contributed by atoms with Crippen molar-refractivity contribution >= 4 is 24.8 Å². The number of hydrogen-bond acceptors (Lipinski definition) is 3. The third-order valence-corrected chi connectivity index (χ3v) is 3.85. The Hall–Kier alpha value is -0.550. The summed E-state index contributed by atoms with van der Waals surface area (Å²) in [6.07, 6.45) is 1.96. The van der Waals surface area contributed by atoms with Gasteiger partial charge < -0.3 is 10.4 Å². The first-order chi connectivity index (χ1) is 9.15. The molecule has 21 heavy (non-hydrogen) atoms. The van der Waals surface area contributed by atoms with E-state index in [9.17, 15) is 9.50 Å². The fourth-order valence-electron chi connectivity index (χ4n) is 2.75. The number of benzene rings is 1. The number of phenols is 1. The van der Waals surface area contributed by atoms with E-state index in [1.807, 2.05) is 6.07 Å². The second kappa shape index (κ2) is 9.46. The maximum Gasteiger partial charge on any atom is 0.168 e. The van der Waals surface area contributed by atoms with Gasteiger partial charge in [0.25, 0.3) is 0 Å². The highest BCUT2D eigenvalue weighted by atomic mass is 35.5. The lowest BCUT2D eigenvalue weighted by Gasteiger charge is -2.35. The van der Waals surface area contributed by atoms with Crippen LogP contribution in [0.15, 0.2) is 12.1 Å². The number of rotatable bonds is 4. The van der Waals surface area contributed by atoms with Crippen LogP contribution in [0.4, 0.5) is 4.39 Å². The van der Waals surface area contributed by atoms with Crippen molar-refractivity contribution in [2.24, 2.45) is 0 Å². The third kappa shape index (κ3) is 4.71. The van der Waals surface area contributed by atoms with Crippen molar-refractivity contribution in [2.45, 2.75) is 32.7 Å². The Morgan fingerprint density at radius 1 is 1.29 bits per heavy atom. The van der Waals surface area contributed by atoms with E-state index in [1.54, 1.807) is 13.0 Å². The molecule has 1 aromatic rings. The fourth-order valence-corrected chi connectivity index (χ4v) is 2.75. The number of nitrogens with one attached hydrogen (secondary N) is 1. The van der Waals surface area contributed by atoms with Gasteiger partial charge >= 0.3 is 0 Å². The summed E-state index contributed by atoms with van der Waals surface area (Å²) in [5.41, 5.74) is 1.23. The first kappa shape index (κ1) is 20.5. The molecule has 1 aromatic carbocycles. The van der Waals surface area contributed by atoms with E-state index in [0.717, 1.165) is 44.6 Å². The third-order valence-electron chi connectivity index (χ3n) is 3.85. The molecule has 1 aliphatic heterocycles. The number of hydrogen-bond donors (Lipinski definition) is 2. The molecule has 0 amide bonds. The van der Waals surface area contributed by atoms with Crippen LogP contribution in [0, 0.1) is 12.7 Å². The number of phenolic OH excluding ortho intramolecular Hbond substituents is 1. The van der Waals surface area contributed by atoms with Crippen LogP contribution in [-0.4, -0.2) is 36.2 Å². The minimum atomic E-state index is -0.478. The minimum Gasteiger partial charge on any atom is -0.505 e. The molecule has 1 fully saturated rings.